The first-order valence-corrected chi connectivity index (χ1v) is 4.92. The van der Waals surface area contributed by atoms with Gasteiger partial charge >= 0.3 is 0 Å². The fourth-order valence-corrected chi connectivity index (χ4v) is 1.18. The average molecular weight is 192 g/mol. The molecule has 0 N–H and O–H groups in total. The van der Waals surface area contributed by atoms with Crippen molar-refractivity contribution >= 4 is 0 Å². The van der Waals surface area contributed by atoms with Gasteiger partial charge in [0.1, 0.15) is 11.5 Å². The first-order chi connectivity index (χ1) is 6.53. The summed E-state index contributed by atoms with van der Waals surface area (Å²) in [5.74, 6) is 2.12. The molecule has 0 unspecified atom stereocenters. The van der Waals surface area contributed by atoms with Gasteiger partial charge in [0, 0.05) is 6.42 Å². The van der Waals surface area contributed by atoms with Gasteiger partial charge < -0.3 is 4.42 Å². The fraction of sp³-hybridized carbons (Fsp3) is 0.538. The van der Waals surface area contributed by atoms with Crippen molar-refractivity contribution in [3.63, 3.8) is 0 Å². The van der Waals surface area contributed by atoms with Crippen LogP contribution in [0.2, 0.25) is 0 Å². The molecule has 0 spiro atoms. The van der Waals surface area contributed by atoms with Crippen LogP contribution in [0.4, 0.5) is 0 Å². The van der Waals surface area contributed by atoms with Crippen LogP contribution in [0.1, 0.15) is 38.7 Å². The van der Waals surface area contributed by atoms with E-state index in [0.29, 0.717) is 5.41 Å². The lowest BCUT2D eigenvalue weighted by Crippen LogP contribution is -2.12. The first kappa shape index (κ1) is 12.8. The van der Waals surface area contributed by atoms with Gasteiger partial charge in [-0.3, -0.25) is 0 Å². The van der Waals surface area contributed by atoms with Gasteiger partial charge in [0.05, 0.1) is 0 Å². The molecule has 0 aromatic carbocycles. The van der Waals surface area contributed by atoms with E-state index < -0.39 is 0 Å². The molecule has 0 saturated carbocycles. The second-order valence-corrected chi connectivity index (χ2v) is 4.21. The van der Waals surface area contributed by atoms with E-state index in [0.717, 1.165) is 17.9 Å². The Hall–Kier alpha value is -1.16. The maximum absolute atomic E-state index is 5.52. The summed E-state index contributed by atoms with van der Waals surface area (Å²) in [6.07, 6.45) is 10.2. The number of hydrogen-bond donors (Lipinski definition) is 0. The highest BCUT2D eigenvalue weighted by Crippen LogP contribution is 2.25. The van der Waals surface area contributed by atoms with Crippen LogP contribution in [-0.4, -0.2) is 0 Å². The van der Waals surface area contributed by atoms with Crippen LogP contribution in [-0.2, 0) is 6.42 Å². The summed E-state index contributed by atoms with van der Waals surface area (Å²) in [5.41, 5.74) is 0.365. The van der Waals surface area contributed by atoms with E-state index in [-0.39, 0.29) is 0 Å². The van der Waals surface area contributed by atoms with Crippen molar-refractivity contribution in [3.05, 3.63) is 23.7 Å². The van der Waals surface area contributed by atoms with Crippen molar-refractivity contribution in [2.75, 3.05) is 0 Å². The number of rotatable bonds is 3. The summed E-state index contributed by atoms with van der Waals surface area (Å²) < 4.78 is 5.52. The Balaban J connectivity index is 0.000000791. The van der Waals surface area contributed by atoms with E-state index in [2.05, 4.69) is 39.7 Å². The lowest BCUT2D eigenvalue weighted by molar-refractivity contribution is 0.314. The van der Waals surface area contributed by atoms with Gasteiger partial charge in [-0.2, -0.15) is 0 Å². The van der Waals surface area contributed by atoms with Gasteiger partial charge in [-0.15, -0.1) is 12.8 Å². The fourth-order valence-electron chi connectivity index (χ4n) is 1.18. The molecule has 78 valence electrons. The van der Waals surface area contributed by atoms with Crippen molar-refractivity contribution in [3.8, 4) is 12.8 Å². The van der Waals surface area contributed by atoms with Crippen LogP contribution < -0.4 is 0 Å². The van der Waals surface area contributed by atoms with Crippen LogP contribution in [0.15, 0.2) is 16.5 Å². The van der Waals surface area contributed by atoms with E-state index in [4.69, 9.17) is 4.42 Å². The molecule has 1 heterocycles. The maximum atomic E-state index is 5.52. The number of furan rings is 1. The average Bonchev–Trinajstić information content (AvgIpc) is 2.54. The third-order valence-electron chi connectivity index (χ3n) is 2.41. The monoisotopic (exact) mass is 192 g/mol. The minimum absolute atomic E-state index is 0.365. The minimum atomic E-state index is 0.365. The predicted octanol–water partition coefficient (Wildman–Crippen LogP) is 3.82. The molecule has 1 nitrogen and oxygen atoms in total. The molecule has 0 aliphatic heterocycles. The van der Waals surface area contributed by atoms with E-state index >= 15 is 0 Å². The minimum Gasteiger partial charge on any atom is -0.466 e. The summed E-state index contributed by atoms with van der Waals surface area (Å²) in [6, 6.07) is 4.10. The van der Waals surface area contributed by atoms with Gasteiger partial charge in [-0.1, -0.05) is 27.2 Å². The van der Waals surface area contributed by atoms with E-state index in [1.807, 2.05) is 13.0 Å². The van der Waals surface area contributed by atoms with Crippen molar-refractivity contribution in [1.82, 2.24) is 0 Å². The molecule has 1 aromatic heterocycles. The zero-order valence-electron chi connectivity index (χ0n) is 9.63. The first-order valence-electron chi connectivity index (χ1n) is 4.92. The molecule has 0 atom stereocenters. The molecule has 0 aliphatic carbocycles. The topological polar surface area (TPSA) is 13.1 Å². The standard InChI is InChI=1S/C11H18O.C2H2/c1-5-11(3,4)8-10-7-6-9(2)12-10;1-2/h6-7H,5,8H2,1-4H3;1-2H. The van der Waals surface area contributed by atoms with Crippen molar-refractivity contribution in [2.45, 2.75) is 40.5 Å². The molecule has 14 heavy (non-hydrogen) atoms. The van der Waals surface area contributed by atoms with Gasteiger partial charge in [0.15, 0.2) is 0 Å². The second kappa shape index (κ2) is 5.54. The number of aryl methyl sites for hydroxylation is 1. The van der Waals surface area contributed by atoms with E-state index in [9.17, 15) is 0 Å². The van der Waals surface area contributed by atoms with Gasteiger partial charge in [-0.05, 0) is 24.5 Å². The molecule has 0 aliphatic rings. The molecule has 0 amide bonds. The lowest BCUT2D eigenvalue weighted by atomic mass is 9.86. The van der Waals surface area contributed by atoms with Crippen LogP contribution in [0.5, 0.6) is 0 Å². The van der Waals surface area contributed by atoms with Gasteiger partial charge in [0.2, 0.25) is 0 Å². The Morgan fingerprint density at radius 2 is 1.86 bits per heavy atom. The molecule has 0 bridgehead atoms. The normalized spacial score (nSPS) is 10.4. The quantitative estimate of drug-likeness (QED) is 0.664. The molecule has 1 rings (SSSR count). The highest BCUT2D eigenvalue weighted by atomic mass is 16.3. The Labute approximate surface area is 87.5 Å². The van der Waals surface area contributed by atoms with Crippen LogP contribution in [0, 0.1) is 25.2 Å². The number of terminal acetylenes is 1. The van der Waals surface area contributed by atoms with Crippen LogP contribution in [0.25, 0.3) is 0 Å². The van der Waals surface area contributed by atoms with Crippen LogP contribution >= 0.6 is 0 Å². The summed E-state index contributed by atoms with van der Waals surface area (Å²) in [6.45, 7) is 8.74. The SMILES string of the molecule is C#C.CCC(C)(C)Cc1ccc(C)o1. The van der Waals surface area contributed by atoms with Gasteiger partial charge in [0.25, 0.3) is 0 Å². The molecular formula is C13H20O. The van der Waals surface area contributed by atoms with E-state index in [1.54, 1.807) is 0 Å². The molecule has 0 saturated heterocycles. The Morgan fingerprint density at radius 1 is 1.29 bits per heavy atom. The maximum Gasteiger partial charge on any atom is 0.104 e. The van der Waals surface area contributed by atoms with E-state index in [1.165, 1.54) is 6.42 Å². The van der Waals surface area contributed by atoms with Crippen LogP contribution in [0.3, 0.4) is 0 Å². The summed E-state index contributed by atoms with van der Waals surface area (Å²) in [4.78, 5) is 0. The highest BCUT2D eigenvalue weighted by Gasteiger charge is 2.17. The third-order valence-corrected chi connectivity index (χ3v) is 2.41. The highest BCUT2D eigenvalue weighted by molar-refractivity contribution is 5.07. The summed E-state index contributed by atoms with van der Waals surface area (Å²) >= 11 is 0. The van der Waals surface area contributed by atoms with Crippen molar-refractivity contribution in [1.29, 1.82) is 0 Å². The summed E-state index contributed by atoms with van der Waals surface area (Å²) in [5, 5.41) is 0. The molecular weight excluding hydrogens is 172 g/mol. The summed E-state index contributed by atoms with van der Waals surface area (Å²) in [7, 11) is 0. The number of hydrogen-bond acceptors (Lipinski definition) is 1. The zero-order valence-corrected chi connectivity index (χ0v) is 9.63. The Bertz CT molecular complexity index is 278. The molecule has 1 aromatic rings. The van der Waals surface area contributed by atoms with Crippen molar-refractivity contribution in [2.24, 2.45) is 5.41 Å². The van der Waals surface area contributed by atoms with Gasteiger partial charge in [-0.25, -0.2) is 0 Å². The smallest absolute Gasteiger partial charge is 0.104 e. The predicted molar refractivity (Wildman–Crippen MR) is 61.1 cm³/mol. The second-order valence-electron chi connectivity index (χ2n) is 4.21. The Kier molecular flexibility index (Phi) is 5.09. The molecule has 1 heteroatoms. The lowest BCUT2D eigenvalue weighted by Gasteiger charge is -2.20. The third kappa shape index (κ3) is 4.18. The molecule has 0 radical (unpaired) electrons. The Morgan fingerprint density at radius 3 is 2.21 bits per heavy atom. The van der Waals surface area contributed by atoms with Crippen molar-refractivity contribution < 1.29 is 4.42 Å². The molecule has 0 fully saturated rings. The largest absolute Gasteiger partial charge is 0.466 e. The zero-order chi connectivity index (χ0) is 11.2.